The second-order valence-electron chi connectivity index (χ2n) is 3.90. The third kappa shape index (κ3) is 3.06. The highest BCUT2D eigenvalue weighted by atomic mass is 16.1. The van der Waals surface area contributed by atoms with Crippen LogP contribution in [0.5, 0.6) is 0 Å². The Morgan fingerprint density at radius 2 is 2.27 bits per heavy atom. The summed E-state index contributed by atoms with van der Waals surface area (Å²) in [4.78, 5) is 11.6. The Balaban J connectivity index is 2.59. The quantitative estimate of drug-likeness (QED) is 0.691. The van der Waals surface area contributed by atoms with Gasteiger partial charge < -0.3 is 11.1 Å². The highest BCUT2D eigenvalue weighted by Crippen LogP contribution is 2.16. The summed E-state index contributed by atoms with van der Waals surface area (Å²) in [6.45, 7) is 6.21. The first-order valence-corrected chi connectivity index (χ1v) is 5.06. The van der Waals surface area contributed by atoms with E-state index in [1.54, 1.807) is 0 Å². The highest BCUT2D eigenvalue weighted by Gasteiger charge is 2.12. The van der Waals surface area contributed by atoms with Crippen molar-refractivity contribution in [2.75, 3.05) is 11.9 Å². The Kier molecular flexibility index (Phi) is 3.85. The van der Waals surface area contributed by atoms with Gasteiger partial charge in [-0.2, -0.15) is 5.10 Å². The van der Waals surface area contributed by atoms with Crippen LogP contribution < -0.4 is 11.1 Å². The number of carbonyl (C=O) groups is 1. The van der Waals surface area contributed by atoms with E-state index >= 15 is 0 Å². The Hall–Kier alpha value is -1.36. The van der Waals surface area contributed by atoms with Crippen molar-refractivity contribution in [2.24, 2.45) is 11.7 Å². The maximum Gasteiger partial charge on any atom is 0.224 e. The molecular weight excluding hydrogens is 192 g/mol. The normalized spacial score (nSPS) is 12.5. The van der Waals surface area contributed by atoms with Crippen LogP contribution in [0.15, 0.2) is 0 Å². The fourth-order valence-electron chi connectivity index (χ4n) is 1.33. The SMILES string of the molecule is Cc1n[nH]c(C)c1NC(=O)CC(C)CN. The summed E-state index contributed by atoms with van der Waals surface area (Å²) in [6, 6.07) is 0. The molecule has 1 atom stereocenters. The summed E-state index contributed by atoms with van der Waals surface area (Å²) in [6.07, 6.45) is 0.445. The van der Waals surface area contributed by atoms with Crippen molar-refractivity contribution >= 4 is 11.6 Å². The van der Waals surface area contributed by atoms with Crippen molar-refractivity contribution in [1.29, 1.82) is 0 Å². The zero-order valence-electron chi connectivity index (χ0n) is 9.42. The van der Waals surface area contributed by atoms with Crippen LogP contribution in [0.25, 0.3) is 0 Å². The Morgan fingerprint density at radius 1 is 1.60 bits per heavy atom. The second-order valence-corrected chi connectivity index (χ2v) is 3.90. The lowest BCUT2D eigenvalue weighted by molar-refractivity contribution is -0.116. The molecule has 0 aliphatic carbocycles. The molecule has 84 valence electrons. The average molecular weight is 210 g/mol. The molecule has 0 aliphatic rings. The molecule has 0 saturated carbocycles. The maximum atomic E-state index is 11.6. The van der Waals surface area contributed by atoms with E-state index in [1.165, 1.54) is 0 Å². The number of H-pyrrole nitrogens is 1. The molecule has 5 heteroatoms. The number of nitrogens with two attached hydrogens (primary N) is 1. The molecule has 1 aromatic heterocycles. The summed E-state index contributed by atoms with van der Waals surface area (Å²) in [7, 11) is 0. The Morgan fingerprint density at radius 3 is 2.73 bits per heavy atom. The zero-order valence-corrected chi connectivity index (χ0v) is 9.42. The van der Waals surface area contributed by atoms with E-state index in [1.807, 2.05) is 20.8 Å². The number of anilines is 1. The molecule has 0 aliphatic heterocycles. The van der Waals surface area contributed by atoms with E-state index in [0.717, 1.165) is 17.1 Å². The third-order valence-corrected chi connectivity index (χ3v) is 2.33. The van der Waals surface area contributed by atoms with Gasteiger partial charge in [-0.05, 0) is 26.3 Å². The van der Waals surface area contributed by atoms with Crippen LogP contribution >= 0.6 is 0 Å². The van der Waals surface area contributed by atoms with Crippen LogP contribution in [0.1, 0.15) is 24.7 Å². The molecule has 0 spiro atoms. The van der Waals surface area contributed by atoms with Crippen molar-refractivity contribution in [2.45, 2.75) is 27.2 Å². The van der Waals surface area contributed by atoms with Gasteiger partial charge in [0, 0.05) is 6.42 Å². The topological polar surface area (TPSA) is 83.8 Å². The number of hydrogen-bond donors (Lipinski definition) is 3. The number of nitrogens with zero attached hydrogens (tertiary/aromatic N) is 1. The van der Waals surface area contributed by atoms with Crippen molar-refractivity contribution < 1.29 is 4.79 Å². The number of hydrogen-bond acceptors (Lipinski definition) is 3. The van der Waals surface area contributed by atoms with Gasteiger partial charge in [-0.1, -0.05) is 6.92 Å². The first kappa shape index (κ1) is 11.7. The van der Waals surface area contributed by atoms with Crippen molar-refractivity contribution in [3.8, 4) is 0 Å². The van der Waals surface area contributed by atoms with E-state index in [2.05, 4.69) is 15.5 Å². The van der Waals surface area contributed by atoms with E-state index in [0.29, 0.717) is 13.0 Å². The van der Waals surface area contributed by atoms with Crippen LogP contribution in [-0.4, -0.2) is 22.6 Å². The minimum atomic E-state index is -0.0134. The summed E-state index contributed by atoms with van der Waals surface area (Å²) in [5, 5.41) is 9.66. The second kappa shape index (κ2) is 4.93. The molecule has 1 aromatic rings. The van der Waals surface area contributed by atoms with E-state index < -0.39 is 0 Å². The lowest BCUT2D eigenvalue weighted by Gasteiger charge is -2.09. The molecule has 0 bridgehead atoms. The predicted molar refractivity (Wildman–Crippen MR) is 59.5 cm³/mol. The van der Waals surface area contributed by atoms with Crippen LogP contribution in [0.3, 0.4) is 0 Å². The third-order valence-electron chi connectivity index (χ3n) is 2.33. The molecule has 0 fully saturated rings. The first-order chi connectivity index (χ1) is 7.04. The first-order valence-electron chi connectivity index (χ1n) is 5.06. The lowest BCUT2D eigenvalue weighted by atomic mass is 10.1. The molecule has 1 amide bonds. The fraction of sp³-hybridized carbons (Fsp3) is 0.600. The predicted octanol–water partition coefficient (Wildman–Crippen LogP) is 0.950. The van der Waals surface area contributed by atoms with Gasteiger partial charge in [0.2, 0.25) is 5.91 Å². The summed E-state index contributed by atoms with van der Waals surface area (Å²) >= 11 is 0. The van der Waals surface area contributed by atoms with Gasteiger partial charge in [0.05, 0.1) is 17.1 Å². The number of amides is 1. The fourth-order valence-corrected chi connectivity index (χ4v) is 1.33. The monoisotopic (exact) mass is 210 g/mol. The van der Waals surface area contributed by atoms with Gasteiger partial charge in [0.25, 0.3) is 0 Å². The largest absolute Gasteiger partial charge is 0.330 e. The van der Waals surface area contributed by atoms with Crippen LogP contribution in [0.4, 0.5) is 5.69 Å². The van der Waals surface area contributed by atoms with Crippen LogP contribution in [-0.2, 0) is 4.79 Å². The summed E-state index contributed by atoms with van der Waals surface area (Å²) in [5.41, 5.74) is 7.92. The van der Waals surface area contributed by atoms with Crippen LogP contribution in [0.2, 0.25) is 0 Å². The number of aromatic amines is 1. The molecule has 1 unspecified atom stereocenters. The average Bonchev–Trinajstić information content (AvgIpc) is 2.49. The zero-order chi connectivity index (χ0) is 11.4. The van der Waals surface area contributed by atoms with E-state index in [-0.39, 0.29) is 11.8 Å². The standard InChI is InChI=1S/C10H18N4O/c1-6(5-11)4-9(15)12-10-7(2)13-14-8(10)3/h6H,4-5,11H2,1-3H3,(H,12,15)(H,13,14). The molecule has 1 rings (SSSR count). The van der Waals surface area contributed by atoms with Gasteiger partial charge in [-0.15, -0.1) is 0 Å². The molecule has 0 radical (unpaired) electrons. The number of rotatable bonds is 4. The lowest BCUT2D eigenvalue weighted by Crippen LogP contribution is -2.20. The number of aryl methyl sites for hydroxylation is 2. The summed E-state index contributed by atoms with van der Waals surface area (Å²) < 4.78 is 0. The van der Waals surface area contributed by atoms with Crippen molar-refractivity contribution in [3.63, 3.8) is 0 Å². The Bertz CT molecular complexity index is 326. The van der Waals surface area contributed by atoms with E-state index in [4.69, 9.17) is 5.73 Å². The molecule has 0 aromatic carbocycles. The molecule has 15 heavy (non-hydrogen) atoms. The number of carbonyl (C=O) groups excluding carboxylic acids is 1. The van der Waals surface area contributed by atoms with Gasteiger partial charge in [-0.3, -0.25) is 9.89 Å². The van der Waals surface area contributed by atoms with Crippen molar-refractivity contribution in [1.82, 2.24) is 10.2 Å². The highest BCUT2D eigenvalue weighted by molar-refractivity contribution is 5.91. The molecule has 4 N–H and O–H groups in total. The van der Waals surface area contributed by atoms with Gasteiger partial charge in [0.1, 0.15) is 0 Å². The maximum absolute atomic E-state index is 11.6. The minimum Gasteiger partial charge on any atom is -0.330 e. The number of aromatic nitrogens is 2. The molecular formula is C10H18N4O. The van der Waals surface area contributed by atoms with Gasteiger partial charge in [0.15, 0.2) is 0 Å². The minimum absolute atomic E-state index is 0.0134. The van der Waals surface area contributed by atoms with E-state index in [9.17, 15) is 4.79 Å². The number of nitrogens with one attached hydrogen (secondary N) is 2. The Labute approximate surface area is 89.4 Å². The smallest absolute Gasteiger partial charge is 0.224 e. The van der Waals surface area contributed by atoms with Crippen LogP contribution in [0, 0.1) is 19.8 Å². The van der Waals surface area contributed by atoms with Crippen molar-refractivity contribution in [3.05, 3.63) is 11.4 Å². The molecule has 0 saturated heterocycles. The summed E-state index contributed by atoms with van der Waals surface area (Å²) in [5.74, 6) is 0.193. The van der Waals surface area contributed by atoms with Gasteiger partial charge in [-0.25, -0.2) is 0 Å². The molecule has 1 heterocycles. The molecule has 5 nitrogen and oxygen atoms in total. The van der Waals surface area contributed by atoms with Gasteiger partial charge >= 0.3 is 0 Å².